The summed E-state index contributed by atoms with van der Waals surface area (Å²) in [5.74, 6) is -1.43. The largest absolute Gasteiger partial charge is 0.466 e. The van der Waals surface area contributed by atoms with Crippen molar-refractivity contribution < 1.29 is 18.7 Å². The summed E-state index contributed by atoms with van der Waals surface area (Å²) in [5.41, 5.74) is -0.114. The number of benzene rings is 1. The minimum absolute atomic E-state index is 0.0000920. The molecule has 0 radical (unpaired) electrons. The van der Waals surface area contributed by atoms with Gasteiger partial charge in [-0.1, -0.05) is 43.4 Å². The molecule has 1 aliphatic rings. The predicted molar refractivity (Wildman–Crippen MR) is 95.2 cm³/mol. The summed E-state index contributed by atoms with van der Waals surface area (Å²) in [6, 6.07) is 4.22. The topological polar surface area (TPSA) is 46.6 Å². The predicted octanol–water partition coefficient (Wildman–Crippen LogP) is 4.60. The maximum atomic E-state index is 14.2. The number of halogens is 2. The normalized spacial score (nSPS) is 15.5. The molecule has 0 saturated heterocycles. The first kappa shape index (κ1) is 19.7. The van der Waals surface area contributed by atoms with E-state index in [1.807, 2.05) is 0 Å². The Balaban J connectivity index is 2.22. The van der Waals surface area contributed by atoms with Gasteiger partial charge in [-0.15, -0.1) is 0 Å². The molecule has 0 aromatic heterocycles. The highest BCUT2D eigenvalue weighted by Crippen LogP contribution is 2.27. The fraction of sp³-hybridized carbons (Fsp3) is 0.579. The van der Waals surface area contributed by atoms with Gasteiger partial charge in [0, 0.05) is 12.6 Å². The highest BCUT2D eigenvalue weighted by Gasteiger charge is 2.29. The fourth-order valence-electron chi connectivity index (χ4n) is 3.31. The van der Waals surface area contributed by atoms with E-state index in [1.165, 1.54) is 18.2 Å². The molecular formula is C19H25ClFNO3. The minimum atomic E-state index is -0.632. The molecule has 0 spiro atoms. The third-order valence-electron chi connectivity index (χ3n) is 4.57. The van der Waals surface area contributed by atoms with Crippen LogP contribution in [0.25, 0.3) is 0 Å². The molecule has 2 rings (SSSR count). The smallest absolute Gasteiger partial charge is 0.307 e. The molecule has 1 fully saturated rings. The Bertz CT molecular complexity index is 580. The second-order valence-electron chi connectivity index (χ2n) is 6.30. The van der Waals surface area contributed by atoms with Crippen LogP contribution < -0.4 is 0 Å². The monoisotopic (exact) mass is 369 g/mol. The average molecular weight is 370 g/mol. The van der Waals surface area contributed by atoms with Crippen LogP contribution in [0.3, 0.4) is 0 Å². The van der Waals surface area contributed by atoms with Crippen molar-refractivity contribution in [2.75, 3.05) is 13.2 Å². The molecule has 0 bridgehead atoms. The second kappa shape index (κ2) is 9.76. The van der Waals surface area contributed by atoms with E-state index in [0.29, 0.717) is 6.61 Å². The van der Waals surface area contributed by atoms with Crippen molar-refractivity contribution in [3.63, 3.8) is 0 Å². The van der Waals surface area contributed by atoms with Gasteiger partial charge in [-0.2, -0.15) is 0 Å². The number of rotatable bonds is 6. The lowest BCUT2D eigenvalue weighted by Crippen LogP contribution is -2.42. The van der Waals surface area contributed by atoms with Crippen LogP contribution in [-0.4, -0.2) is 36.0 Å². The van der Waals surface area contributed by atoms with Gasteiger partial charge in [0.15, 0.2) is 0 Å². The molecule has 6 heteroatoms. The van der Waals surface area contributed by atoms with Crippen LogP contribution in [0.4, 0.5) is 4.39 Å². The number of esters is 1. The molecule has 1 saturated carbocycles. The SMILES string of the molecule is CCOC(=O)CCN(C(=O)c1c(F)cccc1Cl)C1CCCCCC1. The van der Waals surface area contributed by atoms with Gasteiger partial charge in [0.25, 0.3) is 5.91 Å². The van der Waals surface area contributed by atoms with E-state index in [-0.39, 0.29) is 35.6 Å². The van der Waals surface area contributed by atoms with Gasteiger partial charge in [-0.3, -0.25) is 9.59 Å². The molecule has 138 valence electrons. The van der Waals surface area contributed by atoms with Crippen molar-refractivity contribution in [1.29, 1.82) is 0 Å². The molecule has 1 amide bonds. The molecule has 0 N–H and O–H groups in total. The Hall–Kier alpha value is -1.62. The summed E-state index contributed by atoms with van der Waals surface area (Å²) in [6.07, 6.45) is 6.15. The first-order valence-corrected chi connectivity index (χ1v) is 9.33. The number of amides is 1. The minimum Gasteiger partial charge on any atom is -0.466 e. The molecule has 25 heavy (non-hydrogen) atoms. The lowest BCUT2D eigenvalue weighted by atomic mass is 10.0. The average Bonchev–Trinajstić information content (AvgIpc) is 2.84. The van der Waals surface area contributed by atoms with Gasteiger partial charge in [0.05, 0.1) is 23.6 Å². The molecule has 1 aromatic rings. The number of nitrogens with zero attached hydrogens (tertiary/aromatic N) is 1. The van der Waals surface area contributed by atoms with E-state index in [4.69, 9.17) is 16.3 Å². The van der Waals surface area contributed by atoms with Crippen LogP contribution >= 0.6 is 11.6 Å². The lowest BCUT2D eigenvalue weighted by Gasteiger charge is -2.31. The molecule has 4 nitrogen and oxygen atoms in total. The van der Waals surface area contributed by atoms with E-state index in [9.17, 15) is 14.0 Å². The molecule has 1 aromatic carbocycles. The van der Waals surface area contributed by atoms with E-state index in [1.54, 1.807) is 11.8 Å². The standard InChI is InChI=1S/C19H25ClFNO3/c1-2-25-17(23)12-13-22(14-8-5-3-4-6-9-14)19(24)18-15(20)10-7-11-16(18)21/h7,10-11,14H,2-6,8-9,12-13H2,1H3. The molecule has 0 atom stereocenters. The Morgan fingerprint density at radius 1 is 1.24 bits per heavy atom. The van der Waals surface area contributed by atoms with Crippen molar-refractivity contribution in [3.8, 4) is 0 Å². The summed E-state index contributed by atoms with van der Waals surface area (Å²) in [4.78, 5) is 26.4. The van der Waals surface area contributed by atoms with Crippen LogP contribution in [0.1, 0.15) is 62.2 Å². The quantitative estimate of drug-likeness (QED) is 0.544. The highest BCUT2D eigenvalue weighted by atomic mass is 35.5. The zero-order chi connectivity index (χ0) is 18.2. The van der Waals surface area contributed by atoms with Crippen molar-refractivity contribution in [2.45, 2.75) is 57.9 Å². The third kappa shape index (κ3) is 5.43. The maximum absolute atomic E-state index is 14.2. The Morgan fingerprint density at radius 2 is 1.92 bits per heavy atom. The Kier molecular flexibility index (Phi) is 7.69. The highest BCUT2D eigenvalue weighted by molar-refractivity contribution is 6.33. The van der Waals surface area contributed by atoms with Crippen LogP contribution in [0.5, 0.6) is 0 Å². The summed E-state index contributed by atoms with van der Waals surface area (Å²) >= 11 is 6.07. The van der Waals surface area contributed by atoms with Gasteiger partial charge in [0.2, 0.25) is 0 Å². The Morgan fingerprint density at radius 3 is 2.52 bits per heavy atom. The van der Waals surface area contributed by atoms with Gasteiger partial charge in [-0.25, -0.2) is 4.39 Å². The molecule has 0 unspecified atom stereocenters. The summed E-state index contributed by atoms with van der Waals surface area (Å²) in [5, 5.41) is 0.0970. The number of hydrogen-bond donors (Lipinski definition) is 0. The van der Waals surface area contributed by atoms with Gasteiger partial charge in [-0.05, 0) is 31.9 Å². The van der Waals surface area contributed by atoms with Gasteiger partial charge in [0.1, 0.15) is 5.82 Å². The van der Waals surface area contributed by atoms with E-state index in [0.717, 1.165) is 38.5 Å². The first-order valence-electron chi connectivity index (χ1n) is 8.95. The van der Waals surface area contributed by atoms with Gasteiger partial charge >= 0.3 is 5.97 Å². The number of carbonyl (C=O) groups is 2. The summed E-state index contributed by atoms with van der Waals surface area (Å²) < 4.78 is 19.2. The van der Waals surface area contributed by atoms with Crippen molar-refractivity contribution in [2.24, 2.45) is 0 Å². The number of ether oxygens (including phenoxy) is 1. The van der Waals surface area contributed by atoms with Crippen molar-refractivity contribution in [1.82, 2.24) is 4.90 Å². The maximum Gasteiger partial charge on any atom is 0.307 e. The number of carbonyl (C=O) groups excluding carboxylic acids is 2. The van der Waals surface area contributed by atoms with Gasteiger partial charge < -0.3 is 9.64 Å². The number of hydrogen-bond acceptors (Lipinski definition) is 3. The third-order valence-corrected chi connectivity index (χ3v) is 4.88. The zero-order valence-corrected chi connectivity index (χ0v) is 15.4. The van der Waals surface area contributed by atoms with E-state index >= 15 is 0 Å². The van der Waals surface area contributed by atoms with Crippen LogP contribution in [0.15, 0.2) is 18.2 Å². The zero-order valence-electron chi connectivity index (χ0n) is 14.6. The summed E-state index contributed by atoms with van der Waals surface area (Å²) in [7, 11) is 0. The lowest BCUT2D eigenvalue weighted by molar-refractivity contribution is -0.143. The fourth-order valence-corrected chi connectivity index (χ4v) is 3.55. The van der Waals surface area contributed by atoms with E-state index in [2.05, 4.69) is 0 Å². The van der Waals surface area contributed by atoms with Crippen LogP contribution in [0.2, 0.25) is 5.02 Å². The van der Waals surface area contributed by atoms with Crippen molar-refractivity contribution >= 4 is 23.5 Å². The van der Waals surface area contributed by atoms with Crippen LogP contribution in [0, 0.1) is 5.82 Å². The molecule has 0 heterocycles. The second-order valence-corrected chi connectivity index (χ2v) is 6.70. The van der Waals surface area contributed by atoms with E-state index < -0.39 is 11.7 Å². The summed E-state index contributed by atoms with van der Waals surface area (Å²) in [6.45, 7) is 2.26. The van der Waals surface area contributed by atoms with Crippen LogP contribution in [-0.2, 0) is 9.53 Å². The molecular weight excluding hydrogens is 345 g/mol. The van der Waals surface area contributed by atoms with Crippen molar-refractivity contribution in [3.05, 3.63) is 34.6 Å². The first-order chi connectivity index (χ1) is 12.0. The molecule has 0 aliphatic heterocycles. The molecule has 1 aliphatic carbocycles. The Labute approximate surface area is 153 Å².